The molecule has 0 atom stereocenters. The number of aromatic nitrogens is 2. The van der Waals surface area contributed by atoms with Gasteiger partial charge >= 0.3 is 0 Å². The van der Waals surface area contributed by atoms with E-state index in [0.717, 1.165) is 47.5 Å². The van der Waals surface area contributed by atoms with Crippen LogP contribution in [0, 0.1) is 12.8 Å². The molecule has 0 spiro atoms. The summed E-state index contributed by atoms with van der Waals surface area (Å²) in [6.45, 7) is 3.90. The standard InChI is InChI=1S/C18H22F2N4OS/c1-12-10-26-15-14(12)21-11-22-16(15)23-6-2-13(3-7-23)17(25)24-8-4-18(19,20)5-9-24/h10-11,13H,2-9H2,1H3. The van der Waals surface area contributed by atoms with Crippen molar-refractivity contribution in [1.82, 2.24) is 14.9 Å². The van der Waals surface area contributed by atoms with Crippen LogP contribution in [0.3, 0.4) is 0 Å². The predicted molar refractivity (Wildman–Crippen MR) is 97.9 cm³/mol. The summed E-state index contributed by atoms with van der Waals surface area (Å²) in [5, 5.41) is 2.09. The fraction of sp³-hybridized carbons (Fsp3) is 0.611. The van der Waals surface area contributed by atoms with Gasteiger partial charge in [-0.3, -0.25) is 4.79 Å². The van der Waals surface area contributed by atoms with Crippen LogP contribution in [-0.4, -0.2) is 52.9 Å². The van der Waals surface area contributed by atoms with Crippen molar-refractivity contribution < 1.29 is 13.6 Å². The van der Waals surface area contributed by atoms with Crippen LogP contribution >= 0.6 is 11.3 Å². The van der Waals surface area contributed by atoms with Gasteiger partial charge in [-0.2, -0.15) is 0 Å². The monoisotopic (exact) mass is 380 g/mol. The van der Waals surface area contributed by atoms with Gasteiger partial charge in [-0.25, -0.2) is 18.7 Å². The number of hydrogen-bond donors (Lipinski definition) is 0. The van der Waals surface area contributed by atoms with Gasteiger partial charge in [-0.05, 0) is 30.7 Å². The molecule has 4 rings (SSSR count). The molecule has 4 heterocycles. The average Bonchev–Trinajstić information content (AvgIpc) is 3.03. The SMILES string of the molecule is Cc1csc2c(N3CCC(C(=O)N4CCC(F)(F)CC4)CC3)ncnc12. The largest absolute Gasteiger partial charge is 0.355 e. The van der Waals surface area contributed by atoms with Gasteiger partial charge in [0.2, 0.25) is 5.91 Å². The minimum Gasteiger partial charge on any atom is -0.355 e. The van der Waals surface area contributed by atoms with Crippen molar-refractivity contribution in [2.45, 2.75) is 38.5 Å². The smallest absolute Gasteiger partial charge is 0.251 e. The van der Waals surface area contributed by atoms with Crippen molar-refractivity contribution in [3.8, 4) is 0 Å². The van der Waals surface area contributed by atoms with Gasteiger partial charge < -0.3 is 9.80 Å². The minimum absolute atomic E-state index is 0.0416. The summed E-state index contributed by atoms with van der Waals surface area (Å²) < 4.78 is 27.7. The Balaban J connectivity index is 1.40. The number of fused-ring (bicyclic) bond motifs is 1. The number of piperidine rings is 2. The van der Waals surface area contributed by atoms with E-state index < -0.39 is 5.92 Å². The maximum Gasteiger partial charge on any atom is 0.251 e. The molecule has 2 aromatic heterocycles. The fourth-order valence-corrected chi connectivity index (χ4v) is 4.85. The summed E-state index contributed by atoms with van der Waals surface area (Å²) in [5.41, 5.74) is 2.15. The molecule has 5 nitrogen and oxygen atoms in total. The molecule has 26 heavy (non-hydrogen) atoms. The van der Waals surface area contributed by atoms with E-state index in [1.54, 1.807) is 22.6 Å². The molecule has 2 aliphatic rings. The Morgan fingerprint density at radius 2 is 1.88 bits per heavy atom. The molecule has 0 aliphatic carbocycles. The predicted octanol–water partition coefficient (Wildman–Crippen LogP) is 3.47. The molecule has 0 radical (unpaired) electrons. The van der Waals surface area contributed by atoms with E-state index in [-0.39, 0.29) is 37.8 Å². The lowest BCUT2D eigenvalue weighted by atomic mass is 9.94. The first kappa shape index (κ1) is 17.6. The van der Waals surface area contributed by atoms with E-state index >= 15 is 0 Å². The highest BCUT2D eigenvalue weighted by Crippen LogP contribution is 2.34. The van der Waals surface area contributed by atoms with Crippen LogP contribution in [0.4, 0.5) is 14.6 Å². The molecule has 1 amide bonds. The van der Waals surface area contributed by atoms with Crippen molar-refractivity contribution in [2.24, 2.45) is 5.92 Å². The zero-order valence-corrected chi connectivity index (χ0v) is 15.6. The fourth-order valence-electron chi connectivity index (χ4n) is 3.83. The number of carbonyl (C=O) groups excluding carboxylic acids is 1. The van der Waals surface area contributed by atoms with E-state index in [2.05, 4.69) is 20.2 Å². The first-order chi connectivity index (χ1) is 12.4. The Hall–Kier alpha value is -1.83. The maximum atomic E-state index is 13.3. The van der Waals surface area contributed by atoms with Crippen LogP contribution in [-0.2, 0) is 4.79 Å². The second kappa shape index (κ2) is 6.72. The van der Waals surface area contributed by atoms with Gasteiger partial charge in [0.15, 0.2) is 0 Å². The number of anilines is 1. The van der Waals surface area contributed by atoms with Crippen LogP contribution < -0.4 is 4.90 Å². The van der Waals surface area contributed by atoms with Crippen molar-refractivity contribution in [3.63, 3.8) is 0 Å². The number of amides is 1. The summed E-state index contributed by atoms with van der Waals surface area (Å²) in [5.74, 6) is -1.70. The lowest BCUT2D eigenvalue weighted by molar-refractivity contribution is -0.142. The maximum absolute atomic E-state index is 13.3. The highest BCUT2D eigenvalue weighted by Gasteiger charge is 2.38. The molecule has 0 unspecified atom stereocenters. The van der Waals surface area contributed by atoms with E-state index in [1.807, 2.05) is 6.92 Å². The van der Waals surface area contributed by atoms with Crippen LogP contribution in [0.15, 0.2) is 11.7 Å². The quantitative estimate of drug-likeness (QED) is 0.800. The highest BCUT2D eigenvalue weighted by atomic mass is 32.1. The molecule has 8 heteroatoms. The van der Waals surface area contributed by atoms with Gasteiger partial charge in [0, 0.05) is 44.9 Å². The second-order valence-corrected chi connectivity index (χ2v) is 8.12. The molecule has 2 saturated heterocycles. The first-order valence-electron chi connectivity index (χ1n) is 9.05. The van der Waals surface area contributed by atoms with Crippen LogP contribution in [0.5, 0.6) is 0 Å². The molecular weight excluding hydrogens is 358 g/mol. The van der Waals surface area contributed by atoms with E-state index in [4.69, 9.17) is 0 Å². The van der Waals surface area contributed by atoms with Crippen LogP contribution in [0.25, 0.3) is 10.2 Å². The normalized spacial score (nSPS) is 21.3. The Bertz CT molecular complexity index is 807. The molecule has 2 aromatic rings. The zero-order chi connectivity index (χ0) is 18.3. The van der Waals surface area contributed by atoms with Gasteiger partial charge in [0.25, 0.3) is 5.92 Å². The van der Waals surface area contributed by atoms with Gasteiger partial charge in [0.05, 0.1) is 10.2 Å². The number of rotatable bonds is 2. The number of aryl methyl sites for hydroxylation is 1. The third-order valence-corrected chi connectivity index (χ3v) is 6.55. The summed E-state index contributed by atoms with van der Waals surface area (Å²) >= 11 is 1.65. The molecule has 2 fully saturated rings. The number of thiophene rings is 1. The number of hydrogen-bond acceptors (Lipinski definition) is 5. The van der Waals surface area contributed by atoms with Crippen molar-refractivity contribution in [2.75, 3.05) is 31.1 Å². The zero-order valence-electron chi connectivity index (χ0n) is 14.8. The van der Waals surface area contributed by atoms with E-state index in [9.17, 15) is 13.6 Å². The molecule has 0 saturated carbocycles. The number of halogens is 2. The Morgan fingerprint density at radius 3 is 2.58 bits per heavy atom. The van der Waals surface area contributed by atoms with Crippen LogP contribution in [0.2, 0.25) is 0 Å². The average molecular weight is 380 g/mol. The van der Waals surface area contributed by atoms with Gasteiger partial charge in [0.1, 0.15) is 12.1 Å². The molecule has 0 bridgehead atoms. The third kappa shape index (κ3) is 3.26. The molecule has 2 aliphatic heterocycles. The lowest BCUT2D eigenvalue weighted by Crippen LogP contribution is -2.47. The van der Waals surface area contributed by atoms with E-state index in [1.165, 1.54) is 0 Å². The summed E-state index contributed by atoms with van der Waals surface area (Å²) in [4.78, 5) is 25.3. The summed E-state index contributed by atoms with van der Waals surface area (Å²) in [6, 6.07) is 0. The molecular formula is C18H22F2N4OS. The second-order valence-electron chi connectivity index (χ2n) is 7.24. The number of likely N-dealkylation sites (tertiary alicyclic amines) is 1. The molecule has 0 N–H and O–H groups in total. The number of nitrogens with zero attached hydrogens (tertiary/aromatic N) is 4. The van der Waals surface area contributed by atoms with Crippen LogP contribution in [0.1, 0.15) is 31.2 Å². The topological polar surface area (TPSA) is 49.3 Å². The number of alkyl halides is 2. The molecule has 0 aromatic carbocycles. The van der Waals surface area contributed by atoms with Crippen molar-refractivity contribution in [3.05, 3.63) is 17.3 Å². The third-order valence-electron chi connectivity index (χ3n) is 5.46. The van der Waals surface area contributed by atoms with Crippen molar-refractivity contribution >= 4 is 33.3 Å². The highest BCUT2D eigenvalue weighted by molar-refractivity contribution is 7.18. The van der Waals surface area contributed by atoms with Gasteiger partial charge in [-0.15, -0.1) is 11.3 Å². The first-order valence-corrected chi connectivity index (χ1v) is 9.93. The molecule has 140 valence electrons. The minimum atomic E-state index is -2.61. The Labute approximate surface area is 155 Å². The summed E-state index contributed by atoms with van der Waals surface area (Å²) in [6.07, 6.45) is 2.65. The summed E-state index contributed by atoms with van der Waals surface area (Å²) in [7, 11) is 0. The van der Waals surface area contributed by atoms with E-state index in [0.29, 0.717) is 0 Å². The van der Waals surface area contributed by atoms with Gasteiger partial charge in [-0.1, -0.05) is 0 Å². The lowest BCUT2D eigenvalue weighted by Gasteiger charge is -2.37. The van der Waals surface area contributed by atoms with Crippen molar-refractivity contribution in [1.29, 1.82) is 0 Å². The Morgan fingerprint density at radius 1 is 1.19 bits per heavy atom. The Kier molecular flexibility index (Phi) is 4.54. The number of carbonyl (C=O) groups is 1.